The minimum absolute atomic E-state index is 0.243. The predicted octanol–water partition coefficient (Wildman–Crippen LogP) is 3.09. The van der Waals surface area contributed by atoms with Crippen LogP contribution in [-0.2, 0) is 0 Å². The first kappa shape index (κ1) is 11.6. The Morgan fingerprint density at radius 3 is 2.78 bits per heavy atom. The topological polar surface area (TPSA) is 50.2 Å². The molecule has 0 amide bonds. The Kier molecular flexibility index (Phi) is 2.44. The quantitative estimate of drug-likeness (QED) is 0.813. The van der Waals surface area contributed by atoms with Gasteiger partial charge in [-0.1, -0.05) is 20.8 Å². The molecule has 2 unspecified atom stereocenters. The van der Waals surface area contributed by atoms with Crippen LogP contribution >= 0.6 is 0 Å². The van der Waals surface area contributed by atoms with Crippen LogP contribution in [0.1, 0.15) is 40.0 Å². The van der Waals surface area contributed by atoms with Crippen molar-refractivity contribution in [3.63, 3.8) is 0 Å². The lowest BCUT2D eigenvalue weighted by molar-refractivity contribution is 0.194. The van der Waals surface area contributed by atoms with Gasteiger partial charge in [0.2, 0.25) is 0 Å². The molecule has 0 saturated heterocycles. The minimum Gasteiger partial charge on any atom is -0.260 e. The highest BCUT2D eigenvalue weighted by molar-refractivity contribution is 5.94. The maximum Gasteiger partial charge on any atom is 0.168 e. The van der Waals surface area contributed by atoms with Crippen molar-refractivity contribution in [2.75, 3.05) is 5.43 Å². The number of rotatable bonds is 2. The third kappa shape index (κ3) is 1.48. The molecular formula is C14H20N4. The molecule has 2 bridgehead atoms. The van der Waals surface area contributed by atoms with Crippen LogP contribution in [0.5, 0.6) is 0 Å². The van der Waals surface area contributed by atoms with E-state index in [-0.39, 0.29) is 5.41 Å². The SMILES string of the molecule is CC12CCC(CC1=NNc1cccnn1)C2(C)C. The lowest BCUT2D eigenvalue weighted by Gasteiger charge is -2.34. The van der Waals surface area contributed by atoms with Gasteiger partial charge in [-0.15, -0.1) is 5.10 Å². The Labute approximate surface area is 108 Å². The lowest BCUT2D eigenvalue weighted by atomic mass is 9.70. The second-order valence-corrected chi connectivity index (χ2v) is 6.27. The molecule has 0 spiro atoms. The average molecular weight is 244 g/mol. The summed E-state index contributed by atoms with van der Waals surface area (Å²) in [6.07, 6.45) is 5.39. The molecule has 96 valence electrons. The second-order valence-electron chi connectivity index (χ2n) is 6.27. The molecule has 1 N–H and O–H groups in total. The normalized spacial score (nSPS) is 35.1. The largest absolute Gasteiger partial charge is 0.260 e. The molecule has 0 radical (unpaired) electrons. The zero-order chi connectivity index (χ0) is 12.8. The summed E-state index contributed by atoms with van der Waals surface area (Å²) in [5, 5.41) is 12.4. The Balaban J connectivity index is 1.83. The summed E-state index contributed by atoms with van der Waals surface area (Å²) in [7, 11) is 0. The fourth-order valence-corrected chi connectivity index (χ4v) is 3.58. The molecule has 2 fully saturated rings. The fourth-order valence-electron chi connectivity index (χ4n) is 3.58. The summed E-state index contributed by atoms with van der Waals surface area (Å²) in [6, 6.07) is 3.75. The van der Waals surface area contributed by atoms with E-state index >= 15 is 0 Å². The number of anilines is 1. The van der Waals surface area contributed by atoms with E-state index in [9.17, 15) is 0 Å². The molecule has 1 aromatic heterocycles. The molecule has 4 nitrogen and oxygen atoms in total. The smallest absolute Gasteiger partial charge is 0.168 e. The number of hydrazone groups is 1. The summed E-state index contributed by atoms with van der Waals surface area (Å²) >= 11 is 0. The van der Waals surface area contributed by atoms with Crippen molar-refractivity contribution in [2.45, 2.75) is 40.0 Å². The van der Waals surface area contributed by atoms with Crippen molar-refractivity contribution in [2.24, 2.45) is 21.8 Å². The highest BCUT2D eigenvalue weighted by Crippen LogP contribution is 2.63. The molecule has 2 atom stereocenters. The van der Waals surface area contributed by atoms with Gasteiger partial charge in [0.25, 0.3) is 0 Å². The molecule has 4 heteroatoms. The van der Waals surface area contributed by atoms with Crippen LogP contribution in [0.15, 0.2) is 23.4 Å². The van der Waals surface area contributed by atoms with E-state index < -0.39 is 0 Å². The lowest BCUT2D eigenvalue weighted by Crippen LogP contribution is -2.32. The molecule has 0 aliphatic heterocycles. The van der Waals surface area contributed by atoms with Gasteiger partial charge in [0.05, 0.1) is 0 Å². The van der Waals surface area contributed by atoms with Gasteiger partial charge in [-0.05, 0) is 42.7 Å². The number of hydrogen-bond donors (Lipinski definition) is 1. The third-order valence-electron chi connectivity index (χ3n) is 5.39. The van der Waals surface area contributed by atoms with E-state index in [0.717, 1.165) is 12.3 Å². The van der Waals surface area contributed by atoms with E-state index in [1.165, 1.54) is 18.6 Å². The fraction of sp³-hybridized carbons (Fsp3) is 0.643. The first-order valence-electron chi connectivity index (χ1n) is 6.65. The van der Waals surface area contributed by atoms with Crippen molar-refractivity contribution in [1.29, 1.82) is 0 Å². The van der Waals surface area contributed by atoms with Crippen molar-refractivity contribution in [3.05, 3.63) is 18.3 Å². The minimum atomic E-state index is 0.243. The summed E-state index contributed by atoms with van der Waals surface area (Å²) in [4.78, 5) is 0. The summed E-state index contributed by atoms with van der Waals surface area (Å²) < 4.78 is 0. The highest BCUT2D eigenvalue weighted by Gasteiger charge is 2.59. The number of nitrogens with one attached hydrogen (secondary N) is 1. The molecule has 3 rings (SSSR count). The van der Waals surface area contributed by atoms with Crippen LogP contribution in [0.3, 0.4) is 0 Å². The van der Waals surface area contributed by atoms with E-state index in [2.05, 4.69) is 41.5 Å². The van der Waals surface area contributed by atoms with Gasteiger partial charge in [-0.3, -0.25) is 5.43 Å². The zero-order valence-electron chi connectivity index (χ0n) is 11.3. The van der Waals surface area contributed by atoms with Crippen LogP contribution in [0, 0.1) is 16.7 Å². The number of aromatic nitrogens is 2. The van der Waals surface area contributed by atoms with Crippen molar-refractivity contribution in [1.82, 2.24) is 10.2 Å². The molecule has 18 heavy (non-hydrogen) atoms. The number of fused-ring (bicyclic) bond motifs is 2. The summed E-state index contributed by atoms with van der Waals surface area (Å²) in [5.74, 6) is 1.50. The van der Waals surface area contributed by atoms with Crippen LogP contribution in [0.2, 0.25) is 0 Å². The van der Waals surface area contributed by atoms with E-state index in [1.807, 2.05) is 12.1 Å². The average Bonchev–Trinajstić information content (AvgIpc) is 2.70. The molecule has 0 aromatic carbocycles. The van der Waals surface area contributed by atoms with Gasteiger partial charge >= 0.3 is 0 Å². The zero-order valence-corrected chi connectivity index (χ0v) is 11.3. The van der Waals surface area contributed by atoms with Gasteiger partial charge in [0, 0.05) is 17.3 Å². The Morgan fingerprint density at radius 1 is 1.39 bits per heavy atom. The van der Waals surface area contributed by atoms with Crippen LogP contribution in [0.25, 0.3) is 0 Å². The number of hydrogen-bond acceptors (Lipinski definition) is 4. The molecule has 1 aromatic rings. The van der Waals surface area contributed by atoms with Crippen molar-refractivity contribution >= 4 is 11.5 Å². The second kappa shape index (κ2) is 3.77. The maximum absolute atomic E-state index is 4.61. The highest BCUT2D eigenvalue weighted by atomic mass is 15.3. The summed E-state index contributed by atoms with van der Waals surface area (Å²) in [5.41, 5.74) is 4.96. The summed E-state index contributed by atoms with van der Waals surface area (Å²) in [6.45, 7) is 7.13. The Hall–Kier alpha value is -1.45. The van der Waals surface area contributed by atoms with Gasteiger partial charge in [0.15, 0.2) is 5.82 Å². The Morgan fingerprint density at radius 2 is 2.22 bits per heavy atom. The molecule has 1 heterocycles. The Bertz CT molecular complexity index is 480. The maximum atomic E-state index is 4.61. The van der Waals surface area contributed by atoms with Crippen molar-refractivity contribution in [3.8, 4) is 0 Å². The van der Waals surface area contributed by atoms with E-state index in [1.54, 1.807) is 6.20 Å². The van der Waals surface area contributed by atoms with Crippen molar-refractivity contribution < 1.29 is 0 Å². The van der Waals surface area contributed by atoms with Crippen LogP contribution in [-0.4, -0.2) is 15.9 Å². The van der Waals surface area contributed by atoms with Gasteiger partial charge in [-0.25, -0.2) is 0 Å². The molecule has 2 aliphatic rings. The van der Waals surface area contributed by atoms with Crippen LogP contribution < -0.4 is 5.43 Å². The first-order valence-corrected chi connectivity index (χ1v) is 6.65. The molecule has 2 saturated carbocycles. The van der Waals surface area contributed by atoms with Gasteiger partial charge < -0.3 is 0 Å². The van der Waals surface area contributed by atoms with Crippen LogP contribution in [0.4, 0.5) is 5.82 Å². The van der Waals surface area contributed by atoms with E-state index in [0.29, 0.717) is 11.2 Å². The number of nitrogens with zero attached hydrogens (tertiary/aromatic N) is 3. The third-order valence-corrected chi connectivity index (χ3v) is 5.39. The monoisotopic (exact) mass is 244 g/mol. The first-order chi connectivity index (χ1) is 8.54. The van der Waals surface area contributed by atoms with E-state index in [4.69, 9.17) is 0 Å². The molecule has 2 aliphatic carbocycles. The van der Waals surface area contributed by atoms with Gasteiger partial charge in [-0.2, -0.15) is 10.2 Å². The predicted molar refractivity (Wildman–Crippen MR) is 72.3 cm³/mol. The molecular weight excluding hydrogens is 224 g/mol. The standard InChI is InChI=1S/C14H20N4/c1-13(2)10-6-7-14(13,3)11(9-10)16-18-12-5-4-8-15-17-12/h4-5,8,10H,6-7,9H2,1-3H3,(H,17,18). The van der Waals surface area contributed by atoms with Gasteiger partial charge in [0.1, 0.15) is 0 Å².